The van der Waals surface area contributed by atoms with E-state index in [2.05, 4.69) is 10.6 Å². The predicted molar refractivity (Wildman–Crippen MR) is 102 cm³/mol. The average Bonchev–Trinajstić information content (AvgIpc) is 2.67. The van der Waals surface area contributed by atoms with Crippen LogP contribution in [0.4, 0.5) is 13.2 Å². The first kappa shape index (κ1) is 23.8. The van der Waals surface area contributed by atoms with Crippen LogP contribution in [0.3, 0.4) is 0 Å². The van der Waals surface area contributed by atoms with Crippen LogP contribution in [0.1, 0.15) is 40.0 Å². The number of halogens is 3. The summed E-state index contributed by atoms with van der Waals surface area (Å²) >= 11 is 0. The highest BCUT2D eigenvalue weighted by molar-refractivity contribution is 6.01. The molecule has 2 aliphatic heterocycles. The van der Waals surface area contributed by atoms with E-state index in [4.69, 9.17) is 0 Å². The van der Waals surface area contributed by atoms with Gasteiger partial charge in [-0.2, -0.15) is 5.26 Å². The van der Waals surface area contributed by atoms with E-state index in [-0.39, 0.29) is 11.1 Å². The van der Waals surface area contributed by atoms with Gasteiger partial charge in [-0.25, -0.2) is 8.78 Å². The SMILES string of the molecule is CCC1NC(=O)C(CC(=O)N[C@@H](C)C2C(F)CC(F)C[N+]2=O)=C(C#N)C1C(C)CF. The summed E-state index contributed by atoms with van der Waals surface area (Å²) in [5.41, 5.74) is 0.0192. The highest BCUT2D eigenvalue weighted by Crippen LogP contribution is 2.33. The molecule has 0 aliphatic carbocycles. The maximum Gasteiger partial charge on any atom is 0.251 e. The van der Waals surface area contributed by atoms with E-state index in [0.717, 1.165) is 0 Å². The summed E-state index contributed by atoms with van der Waals surface area (Å²) in [5.74, 6) is -2.34. The van der Waals surface area contributed by atoms with Gasteiger partial charge in [-0.05, 0) is 19.3 Å². The molecule has 2 heterocycles. The second-order valence-electron chi connectivity index (χ2n) is 8.12. The smallest absolute Gasteiger partial charge is 0.251 e. The number of rotatable bonds is 7. The van der Waals surface area contributed by atoms with Gasteiger partial charge in [-0.3, -0.25) is 14.0 Å². The minimum atomic E-state index is -1.74. The van der Waals surface area contributed by atoms with Crippen LogP contribution in [-0.4, -0.2) is 60.3 Å². The van der Waals surface area contributed by atoms with Crippen LogP contribution in [0.2, 0.25) is 0 Å². The largest absolute Gasteiger partial charge is 0.349 e. The fourth-order valence-corrected chi connectivity index (χ4v) is 4.39. The lowest BCUT2D eigenvalue weighted by Gasteiger charge is -2.35. The first-order valence-corrected chi connectivity index (χ1v) is 10.2. The van der Waals surface area contributed by atoms with Gasteiger partial charge < -0.3 is 10.6 Å². The summed E-state index contributed by atoms with van der Waals surface area (Å²) < 4.78 is 41.1. The van der Waals surface area contributed by atoms with Crippen LogP contribution in [0.5, 0.6) is 0 Å². The minimum absolute atomic E-state index is 0.0551. The molecule has 166 valence electrons. The van der Waals surface area contributed by atoms with Crippen molar-refractivity contribution in [3.05, 3.63) is 16.1 Å². The Balaban J connectivity index is 2.19. The van der Waals surface area contributed by atoms with Gasteiger partial charge in [0.25, 0.3) is 6.04 Å². The minimum Gasteiger partial charge on any atom is -0.349 e. The van der Waals surface area contributed by atoms with Crippen molar-refractivity contribution < 1.29 is 27.5 Å². The van der Waals surface area contributed by atoms with Crippen LogP contribution in [0.25, 0.3) is 0 Å². The summed E-state index contributed by atoms with van der Waals surface area (Å²) in [6, 6.07) is -0.621. The molecule has 1 fully saturated rings. The molecule has 2 amide bonds. The predicted octanol–water partition coefficient (Wildman–Crippen LogP) is 2.06. The third-order valence-corrected chi connectivity index (χ3v) is 5.90. The van der Waals surface area contributed by atoms with Crippen LogP contribution < -0.4 is 10.6 Å². The fraction of sp³-hybridized carbons (Fsp3) is 0.750. The van der Waals surface area contributed by atoms with E-state index in [9.17, 15) is 32.9 Å². The van der Waals surface area contributed by atoms with E-state index in [1.807, 2.05) is 13.0 Å². The molecule has 7 atom stereocenters. The van der Waals surface area contributed by atoms with Crippen molar-refractivity contribution in [3.8, 4) is 6.07 Å². The summed E-state index contributed by atoms with van der Waals surface area (Å²) in [6.45, 7) is 3.71. The Bertz CT molecular complexity index is 767. The zero-order valence-corrected chi connectivity index (χ0v) is 17.3. The van der Waals surface area contributed by atoms with Crippen LogP contribution in [-0.2, 0) is 9.59 Å². The average molecular weight is 429 g/mol. The number of piperidine rings is 1. The molecule has 1 saturated heterocycles. The molecule has 10 heteroatoms. The van der Waals surface area contributed by atoms with Gasteiger partial charge >= 0.3 is 0 Å². The molecule has 0 aromatic rings. The first-order valence-electron chi connectivity index (χ1n) is 10.2. The Kier molecular flexibility index (Phi) is 7.98. The fourth-order valence-electron chi connectivity index (χ4n) is 4.39. The molecule has 7 nitrogen and oxygen atoms in total. The third kappa shape index (κ3) is 4.99. The van der Waals surface area contributed by atoms with E-state index < -0.39 is 80.2 Å². The van der Waals surface area contributed by atoms with E-state index >= 15 is 0 Å². The Labute approximate surface area is 173 Å². The van der Waals surface area contributed by atoms with Crippen molar-refractivity contribution in [1.29, 1.82) is 5.26 Å². The summed E-state index contributed by atoms with van der Waals surface area (Å²) in [5, 5.41) is 14.8. The number of hydrogen-bond donors (Lipinski definition) is 2. The summed E-state index contributed by atoms with van der Waals surface area (Å²) in [4.78, 5) is 37.0. The Morgan fingerprint density at radius 3 is 2.60 bits per heavy atom. The van der Waals surface area contributed by atoms with Crippen molar-refractivity contribution in [2.24, 2.45) is 11.8 Å². The molecule has 2 N–H and O–H groups in total. The molecule has 30 heavy (non-hydrogen) atoms. The normalized spacial score (nSPS) is 31.6. The highest BCUT2D eigenvalue weighted by atomic mass is 19.1. The van der Waals surface area contributed by atoms with E-state index in [1.54, 1.807) is 6.92 Å². The van der Waals surface area contributed by atoms with E-state index in [1.165, 1.54) is 6.92 Å². The van der Waals surface area contributed by atoms with Crippen molar-refractivity contribution in [2.75, 3.05) is 13.2 Å². The summed E-state index contributed by atoms with van der Waals surface area (Å²) in [6.07, 6.45) is -3.69. The molecule has 0 aromatic carbocycles. The Morgan fingerprint density at radius 1 is 1.40 bits per heavy atom. The number of carbonyl (C=O) groups is 2. The van der Waals surface area contributed by atoms with Crippen molar-refractivity contribution >= 4 is 11.8 Å². The summed E-state index contributed by atoms with van der Waals surface area (Å²) in [7, 11) is 0. The maximum absolute atomic E-state index is 14.2. The zero-order valence-electron chi connectivity index (χ0n) is 17.3. The molecule has 0 aromatic heterocycles. The number of nitrogens with one attached hydrogen (secondary N) is 2. The van der Waals surface area contributed by atoms with Gasteiger partial charge in [0.15, 0.2) is 12.3 Å². The number of alkyl halides is 3. The van der Waals surface area contributed by atoms with Crippen LogP contribution >= 0.6 is 0 Å². The van der Waals surface area contributed by atoms with E-state index in [0.29, 0.717) is 11.2 Å². The molecular weight excluding hydrogens is 401 g/mol. The molecule has 2 rings (SSSR count). The van der Waals surface area contributed by atoms with Crippen molar-refractivity contribution in [1.82, 2.24) is 10.6 Å². The lowest BCUT2D eigenvalue weighted by Crippen LogP contribution is -2.55. The zero-order chi connectivity index (χ0) is 22.6. The van der Waals surface area contributed by atoms with Gasteiger partial charge in [0.2, 0.25) is 18.4 Å². The third-order valence-electron chi connectivity index (χ3n) is 5.90. The van der Waals surface area contributed by atoms with Gasteiger partial charge in [0.1, 0.15) is 0 Å². The van der Waals surface area contributed by atoms with Crippen molar-refractivity contribution in [2.45, 2.75) is 70.5 Å². The van der Waals surface area contributed by atoms with Crippen LogP contribution in [0.15, 0.2) is 11.1 Å². The number of hydrogen-bond acceptors (Lipinski definition) is 4. The standard InChI is InChI=1S/C20H27F3N4O3/c1-4-16-18(10(2)7-21)14(8-24)13(20(29)26-16)6-17(28)25-11(3)19-15(23)5-12(22)9-27(19)30/h10-12,15-16,18-19H,4-7,9H2,1-3H3,(H-,25,26,28,29)/p+1/t10?,11-,12?,15?,16?,18?,19?/m0/s1. The van der Waals surface area contributed by atoms with Gasteiger partial charge in [-0.1, -0.05) is 13.8 Å². The Morgan fingerprint density at radius 2 is 2.07 bits per heavy atom. The lowest BCUT2D eigenvalue weighted by molar-refractivity contribution is -0.611. The molecule has 6 unspecified atom stereocenters. The lowest BCUT2D eigenvalue weighted by atomic mass is 9.76. The molecule has 0 saturated carbocycles. The van der Waals surface area contributed by atoms with Gasteiger partial charge in [0.05, 0.1) is 25.2 Å². The molecule has 2 aliphatic rings. The molecule has 0 spiro atoms. The van der Waals surface area contributed by atoms with Crippen molar-refractivity contribution in [3.63, 3.8) is 0 Å². The highest BCUT2D eigenvalue weighted by Gasteiger charge is 2.47. The monoisotopic (exact) mass is 429 g/mol. The number of amides is 2. The second kappa shape index (κ2) is 10.0. The molecule has 0 bridgehead atoms. The number of nitrogens with zero attached hydrogens (tertiary/aromatic N) is 2. The van der Waals surface area contributed by atoms with Crippen LogP contribution in [0, 0.1) is 28.1 Å². The topological polar surface area (TPSA) is 102 Å². The second-order valence-corrected chi connectivity index (χ2v) is 8.12. The number of nitriles is 1. The van der Waals surface area contributed by atoms with Gasteiger partial charge in [0, 0.05) is 39.2 Å². The molecular formula is C20H28F3N4O3+. The first-order chi connectivity index (χ1) is 14.1. The maximum atomic E-state index is 14.2. The van der Waals surface area contributed by atoms with Gasteiger partial charge in [-0.15, -0.1) is 0 Å². The Hall–Kier alpha value is -2.44. The number of nitroso groups, excluding NO2 is 1. The molecule has 0 radical (unpaired) electrons. The number of carbonyl (C=O) groups excluding carboxylic acids is 2. The quantitative estimate of drug-likeness (QED) is 0.605.